The van der Waals surface area contributed by atoms with Gasteiger partial charge in [-0.2, -0.15) is 0 Å². The van der Waals surface area contributed by atoms with Gasteiger partial charge in [-0.25, -0.2) is 0 Å². The van der Waals surface area contributed by atoms with Crippen LogP contribution < -0.4 is 0 Å². The molecular weight excluding hydrogens is 168 g/mol. The summed E-state index contributed by atoms with van der Waals surface area (Å²) in [5.74, 6) is 0.447. The Kier molecular flexibility index (Phi) is 2.01. The lowest BCUT2D eigenvalue weighted by Gasteiger charge is -2.04. The Labute approximate surface area is 77.2 Å². The maximum Gasteiger partial charge on any atom is 0.0406 e. The van der Waals surface area contributed by atoms with Gasteiger partial charge in [0.1, 0.15) is 0 Å². The van der Waals surface area contributed by atoms with Gasteiger partial charge in [0.2, 0.25) is 0 Å². The van der Waals surface area contributed by atoms with Crippen molar-refractivity contribution in [3.05, 3.63) is 59.2 Å². The molecule has 0 aromatic heterocycles. The molecule has 0 fully saturated rings. The zero-order valence-corrected chi connectivity index (χ0v) is 7.33. The number of allylic oxidation sites excluding steroid dienone is 4. The summed E-state index contributed by atoms with van der Waals surface area (Å²) in [6, 6.07) is 7.98. The number of hydrogen-bond acceptors (Lipinski definition) is 0. The summed E-state index contributed by atoms with van der Waals surface area (Å²) in [4.78, 5) is 0. The van der Waals surface area contributed by atoms with E-state index < -0.39 is 0 Å². The third kappa shape index (κ3) is 1.44. The molecule has 1 aromatic rings. The van der Waals surface area contributed by atoms with Gasteiger partial charge in [-0.1, -0.05) is 48.0 Å². The van der Waals surface area contributed by atoms with Crippen molar-refractivity contribution in [2.75, 3.05) is 0 Å². The molecule has 0 bridgehead atoms. The van der Waals surface area contributed by atoms with Crippen molar-refractivity contribution in [1.29, 1.82) is 0 Å². The van der Waals surface area contributed by atoms with E-state index in [-0.39, 0.29) is 0 Å². The molecule has 60 valence electrons. The molecule has 0 amide bonds. The van der Waals surface area contributed by atoms with E-state index in [0.29, 0.717) is 5.92 Å². The van der Waals surface area contributed by atoms with Crippen LogP contribution in [0.25, 0.3) is 0 Å². The standard InChI is InChI=1S/C11H9Cl/c12-11-7-5-10(6-8-11)9-3-1-2-4-9/h1-9H. The topological polar surface area (TPSA) is 0 Å². The lowest BCUT2D eigenvalue weighted by Crippen LogP contribution is -1.86. The van der Waals surface area contributed by atoms with Crippen molar-refractivity contribution in [3.8, 4) is 0 Å². The van der Waals surface area contributed by atoms with Crippen LogP contribution in [-0.2, 0) is 0 Å². The van der Waals surface area contributed by atoms with Crippen LogP contribution in [0.1, 0.15) is 11.5 Å². The van der Waals surface area contributed by atoms with E-state index >= 15 is 0 Å². The number of hydrogen-bond donors (Lipinski definition) is 0. The summed E-state index contributed by atoms with van der Waals surface area (Å²) in [6.45, 7) is 0. The van der Waals surface area contributed by atoms with E-state index in [0.717, 1.165) is 5.02 Å². The molecule has 12 heavy (non-hydrogen) atoms. The van der Waals surface area contributed by atoms with E-state index in [4.69, 9.17) is 11.6 Å². The normalized spacial score (nSPS) is 15.8. The summed E-state index contributed by atoms with van der Waals surface area (Å²) < 4.78 is 0. The predicted molar refractivity (Wildman–Crippen MR) is 52.5 cm³/mol. The van der Waals surface area contributed by atoms with Crippen LogP contribution in [0.4, 0.5) is 0 Å². The molecule has 2 rings (SSSR count). The zero-order chi connectivity index (χ0) is 8.39. The minimum atomic E-state index is 0.447. The van der Waals surface area contributed by atoms with Crippen LogP contribution in [0.15, 0.2) is 48.6 Å². The maximum atomic E-state index is 5.78. The Bertz CT molecular complexity index is 307. The van der Waals surface area contributed by atoms with Gasteiger partial charge in [-0.3, -0.25) is 0 Å². The van der Waals surface area contributed by atoms with Gasteiger partial charge in [0.05, 0.1) is 0 Å². The average molecular weight is 177 g/mol. The fraction of sp³-hybridized carbons (Fsp3) is 0.0909. The first-order valence-corrected chi connectivity index (χ1v) is 4.34. The second-order valence-corrected chi connectivity index (χ2v) is 3.28. The minimum Gasteiger partial charge on any atom is -0.0843 e. The predicted octanol–water partition coefficient (Wildman–Crippen LogP) is 3.55. The van der Waals surface area contributed by atoms with Crippen molar-refractivity contribution in [1.82, 2.24) is 0 Å². The van der Waals surface area contributed by atoms with E-state index in [9.17, 15) is 0 Å². The number of halogens is 1. The van der Waals surface area contributed by atoms with Crippen LogP contribution >= 0.6 is 11.6 Å². The Hall–Kier alpha value is -1.01. The molecule has 0 nitrogen and oxygen atoms in total. The molecule has 0 N–H and O–H groups in total. The molecule has 0 saturated heterocycles. The molecule has 1 aliphatic rings. The van der Waals surface area contributed by atoms with Gasteiger partial charge in [0.25, 0.3) is 0 Å². The highest BCUT2D eigenvalue weighted by atomic mass is 35.5. The minimum absolute atomic E-state index is 0.447. The van der Waals surface area contributed by atoms with Gasteiger partial charge in [0, 0.05) is 10.9 Å². The Morgan fingerprint density at radius 1 is 0.917 bits per heavy atom. The van der Waals surface area contributed by atoms with Gasteiger partial charge in [0.15, 0.2) is 0 Å². The quantitative estimate of drug-likeness (QED) is 0.614. The van der Waals surface area contributed by atoms with Crippen LogP contribution in [0.2, 0.25) is 5.02 Å². The third-order valence-corrected chi connectivity index (χ3v) is 2.25. The molecule has 1 aromatic carbocycles. The Morgan fingerprint density at radius 2 is 1.50 bits per heavy atom. The fourth-order valence-corrected chi connectivity index (χ4v) is 1.47. The Balaban J connectivity index is 2.29. The molecule has 1 aliphatic carbocycles. The summed E-state index contributed by atoms with van der Waals surface area (Å²) in [5, 5.41) is 0.796. The van der Waals surface area contributed by atoms with Gasteiger partial charge >= 0.3 is 0 Å². The van der Waals surface area contributed by atoms with Crippen molar-refractivity contribution < 1.29 is 0 Å². The van der Waals surface area contributed by atoms with Crippen molar-refractivity contribution in [2.45, 2.75) is 5.92 Å². The van der Waals surface area contributed by atoms with Crippen molar-refractivity contribution in [2.24, 2.45) is 0 Å². The first-order valence-electron chi connectivity index (χ1n) is 3.97. The van der Waals surface area contributed by atoms with E-state index in [1.807, 2.05) is 12.1 Å². The second-order valence-electron chi connectivity index (χ2n) is 2.85. The van der Waals surface area contributed by atoms with Crippen molar-refractivity contribution in [3.63, 3.8) is 0 Å². The first kappa shape index (κ1) is 7.63. The summed E-state index contributed by atoms with van der Waals surface area (Å²) in [6.07, 6.45) is 8.48. The monoisotopic (exact) mass is 176 g/mol. The van der Waals surface area contributed by atoms with Crippen LogP contribution in [0.5, 0.6) is 0 Å². The molecule has 0 heterocycles. The van der Waals surface area contributed by atoms with Gasteiger partial charge in [-0.05, 0) is 17.7 Å². The van der Waals surface area contributed by atoms with Crippen molar-refractivity contribution >= 4 is 11.6 Å². The van der Waals surface area contributed by atoms with E-state index in [1.54, 1.807) is 0 Å². The summed E-state index contributed by atoms with van der Waals surface area (Å²) in [7, 11) is 0. The number of rotatable bonds is 1. The third-order valence-electron chi connectivity index (χ3n) is 2.00. The average Bonchev–Trinajstić information content (AvgIpc) is 2.58. The highest BCUT2D eigenvalue weighted by Crippen LogP contribution is 2.23. The number of benzene rings is 1. The smallest absolute Gasteiger partial charge is 0.0406 e. The molecule has 0 aliphatic heterocycles. The van der Waals surface area contributed by atoms with Crippen LogP contribution in [0, 0.1) is 0 Å². The van der Waals surface area contributed by atoms with E-state index in [1.165, 1.54) is 5.56 Å². The van der Waals surface area contributed by atoms with Gasteiger partial charge < -0.3 is 0 Å². The van der Waals surface area contributed by atoms with Crippen LogP contribution in [-0.4, -0.2) is 0 Å². The molecule has 0 spiro atoms. The lowest BCUT2D eigenvalue weighted by atomic mass is 10.0. The molecule has 0 saturated carbocycles. The summed E-state index contributed by atoms with van der Waals surface area (Å²) in [5.41, 5.74) is 1.30. The second kappa shape index (κ2) is 3.16. The lowest BCUT2D eigenvalue weighted by molar-refractivity contribution is 1.10. The highest BCUT2D eigenvalue weighted by molar-refractivity contribution is 6.30. The highest BCUT2D eigenvalue weighted by Gasteiger charge is 2.05. The van der Waals surface area contributed by atoms with E-state index in [2.05, 4.69) is 36.4 Å². The maximum absolute atomic E-state index is 5.78. The largest absolute Gasteiger partial charge is 0.0843 e. The molecule has 1 heteroatoms. The molecule has 0 unspecified atom stereocenters. The first-order chi connectivity index (χ1) is 5.86. The molecule has 0 atom stereocenters. The SMILES string of the molecule is Clc1ccc(C2C=CC=C2)cc1. The van der Waals surface area contributed by atoms with Gasteiger partial charge in [-0.15, -0.1) is 0 Å². The zero-order valence-electron chi connectivity index (χ0n) is 6.57. The Morgan fingerprint density at radius 3 is 2.08 bits per heavy atom. The molecular formula is C11H9Cl. The van der Waals surface area contributed by atoms with Crippen LogP contribution in [0.3, 0.4) is 0 Å². The fourth-order valence-electron chi connectivity index (χ4n) is 1.34. The summed E-state index contributed by atoms with van der Waals surface area (Å²) >= 11 is 5.78. The molecule has 0 radical (unpaired) electrons.